The van der Waals surface area contributed by atoms with Gasteiger partial charge < -0.3 is 10.1 Å². The Kier molecular flexibility index (Phi) is 7.25. The minimum absolute atomic E-state index is 0.0651. The molecule has 0 bridgehead atoms. The fourth-order valence-electron chi connectivity index (χ4n) is 2.73. The Bertz CT molecular complexity index is 924. The molecule has 1 heterocycles. The summed E-state index contributed by atoms with van der Waals surface area (Å²) in [5.41, 5.74) is 3.81. The average molecular weight is 408 g/mol. The Morgan fingerprint density at radius 1 is 1.00 bits per heavy atom. The molecule has 1 N–H and O–H groups in total. The molecular formula is C23H25N3O2S. The third kappa shape index (κ3) is 6.06. The van der Waals surface area contributed by atoms with Crippen molar-refractivity contribution >= 4 is 23.4 Å². The van der Waals surface area contributed by atoms with Gasteiger partial charge in [-0.2, -0.15) is 0 Å². The van der Waals surface area contributed by atoms with Crippen molar-refractivity contribution in [1.29, 1.82) is 0 Å². The summed E-state index contributed by atoms with van der Waals surface area (Å²) in [6.45, 7) is 6.89. The van der Waals surface area contributed by atoms with Crippen molar-refractivity contribution in [3.05, 3.63) is 66.2 Å². The summed E-state index contributed by atoms with van der Waals surface area (Å²) in [6.07, 6.45) is 0. The van der Waals surface area contributed by atoms with Gasteiger partial charge in [-0.15, -0.1) is 10.2 Å². The van der Waals surface area contributed by atoms with Gasteiger partial charge in [-0.25, -0.2) is 0 Å². The lowest BCUT2D eigenvalue weighted by Gasteiger charge is -2.08. The maximum absolute atomic E-state index is 12.2. The lowest BCUT2D eigenvalue weighted by molar-refractivity contribution is -0.113. The van der Waals surface area contributed by atoms with Crippen LogP contribution in [-0.4, -0.2) is 28.5 Å². The summed E-state index contributed by atoms with van der Waals surface area (Å²) in [4.78, 5) is 12.2. The molecule has 29 heavy (non-hydrogen) atoms. The molecule has 1 amide bonds. The van der Waals surface area contributed by atoms with Crippen molar-refractivity contribution in [2.75, 3.05) is 17.7 Å². The molecule has 3 rings (SSSR count). The molecule has 2 aromatic carbocycles. The summed E-state index contributed by atoms with van der Waals surface area (Å²) in [5, 5.41) is 12.1. The van der Waals surface area contributed by atoms with E-state index in [1.54, 1.807) is 0 Å². The molecule has 0 aliphatic heterocycles. The molecule has 5 nitrogen and oxygen atoms in total. The van der Waals surface area contributed by atoms with E-state index in [1.807, 2.05) is 67.6 Å². The summed E-state index contributed by atoms with van der Waals surface area (Å²) in [6, 6.07) is 19.5. The Morgan fingerprint density at radius 3 is 2.31 bits per heavy atom. The van der Waals surface area contributed by atoms with Crippen LogP contribution < -0.4 is 10.1 Å². The maximum atomic E-state index is 12.2. The fourth-order valence-corrected chi connectivity index (χ4v) is 3.34. The monoisotopic (exact) mass is 407 g/mol. The van der Waals surface area contributed by atoms with Gasteiger partial charge in [0.05, 0.1) is 18.1 Å². The topological polar surface area (TPSA) is 64.1 Å². The van der Waals surface area contributed by atoms with Crippen molar-refractivity contribution in [2.24, 2.45) is 0 Å². The van der Waals surface area contributed by atoms with E-state index in [0.29, 0.717) is 17.6 Å². The Labute approximate surface area is 175 Å². The van der Waals surface area contributed by atoms with Crippen LogP contribution in [0.4, 0.5) is 5.69 Å². The first-order valence-corrected chi connectivity index (χ1v) is 10.6. The Balaban J connectivity index is 1.52. The van der Waals surface area contributed by atoms with E-state index in [-0.39, 0.29) is 11.7 Å². The molecule has 0 saturated heterocycles. The molecule has 0 unspecified atom stereocenters. The van der Waals surface area contributed by atoms with Crippen molar-refractivity contribution in [3.63, 3.8) is 0 Å². The number of rotatable bonds is 8. The van der Waals surface area contributed by atoms with E-state index in [4.69, 9.17) is 4.74 Å². The number of hydrogen-bond donors (Lipinski definition) is 1. The number of carbonyl (C=O) groups excluding carboxylic acids is 1. The second-order valence-corrected chi connectivity index (χ2v) is 7.82. The number of thioether (sulfide) groups is 1. The third-order valence-corrected chi connectivity index (χ3v) is 5.23. The first-order chi connectivity index (χ1) is 14.0. The average Bonchev–Trinajstić information content (AvgIpc) is 2.74. The summed E-state index contributed by atoms with van der Waals surface area (Å²) in [5.74, 6) is 1.52. The van der Waals surface area contributed by atoms with Gasteiger partial charge in [0, 0.05) is 11.3 Å². The van der Waals surface area contributed by atoms with E-state index in [2.05, 4.69) is 29.4 Å². The molecule has 0 spiro atoms. The largest absolute Gasteiger partial charge is 0.494 e. The summed E-state index contributed by atoms with van der Waals surface area (Å²) < 4.78 is 5.45. The Hall–Kier alpha value is -2.86. The molecule has 0 radical (unpaired) electrons. The van der Waals surface area contributed by atoms with Crippen LogP contribution in [0.25, 0.3) is 11.3 Å². The second kappa shape index (κ2) is 10.1. The molecular weight excluding hydrogens is 382 g/mol. The first-order valence-electron chi connectivity index (χ1n) is 9.64. The van der Waals surface area contributed by atoms with Crippen molar-refractivity contribution in [1.82, 2.24) is 10.2 Å². The van der Waals surface area contributed by atoms with E-state index in [0.717, 1.165) is 22.7 Å². The van der Waals surface area contributed by atoms with Gasteiger partial charge in [0.15, 0.2) is 0 Å². The van der Waals surface area contributed by atoms with Crippen LogP contribution in [0.1, 0.15) is 32.3 Å². The van der Waals surface area contributed by atoms with Gasteiger partial charge in [-0.3, -0.25) is 4.79 Å². The number of nitrogens with one attached hydrogen (secondary N) is 1. The van der Waals surface area contributed by atoms with E-state index >= 15 is 0 Å². The SMILES string of the molecule is CCOc1ccc(-c2ccc(SCC(=O)Nc3ccc(C(C)C)cc3)nn2)cc1. The van der Waals surface area contributed by atoms with Gasteiger partial charge in [-0.05, 0) is 66.9 Å². The maximum Gasteiger partial charge on any atom is 0.234 e. The number of carbonyl (C=O) groups is 1. The molecule has 150 valence electrons. The van der Waals surface area contributed by atoms with Crippen LogP contribution in [0.15, 0.2) is 65.7 Å². The molecule has 0 atom stereocenters. The highest BCUT2D eigenvalue weighted by Gasteiger charge is 2.07. The third-order valence-electron chi connectivity index (χ3n) is 4.31. The van der Waals surface area contributed by atoms with Gasteiger partial charge >= 0.3 is 0 Å². The van der Waals surface area contributed by atoms with Gasteiger partial charge in [0.2, 0.25) is 5.91 Å². The summed E-state index contributed by atoms with van der Waals surface area (Å²) >= 11 is 1.36. The Morgan fingerprint density at radius 2 is 1.72 bits per heavy atom. The van der Waals surface area contributed by atoms with E-state index < -0.39 is 0 Å². The zero-order chi connectivity index (χ0) is 20.6. The molecule has 0 saturated carbocycles. The van der Waals surface area contributed by atoms with Crippen LogP contribution in [0.3, 0.4) is 0 Å². The van der Waals surface area contributed by atoms with Gasteiger partial charge in [0.1, 0.15) is 10.8 Å². The smallest absolute Gasteiger partial charge is 0.234 e. The molecule has 3 aromatic rings. The molecule has 0 aliphatic carbocycles. The molecule has 1 aromatic heterocycles. The van der Waals surface area contributed by atoms with Crippen molar-refractivity contribution in [3.8, 4) is 17.0 Å². The van der Waals surface area contributed by atoms with Crippen LogP contribution in [-0.2, 0) is 4.79 Å². The number of nitrogens with zero attached hydrogens (tertiary/aromatic N) is 2. The minimum atomic E-state index is -0.0651. The highest BCUT2D eigenvalue weighted by Crippen LogP contribution is 2.23. The number of amides is 1. The van der Waals surface area contributed by atoms with E-state index in [1.165, 1.54) is 17.3 Å². The van der Waals surface area contributed by atoms with Crippen LogP contribution in [0, 0.1) is 0 Å². The standard InChI is InChI=1S/C23H25N3O2S/c1-4-28-20-11-7-18(8-12-20)21-13-14-23(26-25-21)29-15-22(27)24-19-9-5-17(6-10-19)16(2)3/h5-14,16H,4,15H2,1-3H3,(H,24,27). The van der Waals surface area contributed by atoms with Crippen molar-refractivity contribution in [2.45, 2.75) is 31.7 Å². The zero-order valence-electron chi connectivity index (χ0n) is 16.9. The fraction of sp³-hybridized carbons (Fsp3) is 0.261. The van der Waals surface area contributed by atoms with E-state index in [9.17, 15) is 4.79 Å². The molecule has 0 fully saturated rings. The highest BCUT2D eigenvalue weighted by atomic mass is 32.2. The minimum Gasteiger partial charge on any atom is -0.494 e. The highest BCUT2D eigenvalue weighted by molar-refractivity contribution is 7.99. The molecule has 0 aliphatic rings. The quantitative estimate of drug-likeness (QED) is 0.507. The van der Waals surface area contributed by atoms with Crippen LogP contribution >= 0.6 is 11.8 Å². The lowest BCUT2D eigenvalue weighted by Crippen LogP contribution is -2.14. The first kappa shape index (κ1) is 20.9. The van der Waals surface area contributed by atoms with Crippen LogP contribution in [0.5, 0.6) is 5.75 Å². The number of ether oxygens (including phenoxy) is 1. The summed E-state index contributed by atoms with van der Waals surface area (Å²) in [7, 11) is 0. The second-order valence-electron chi connectivity index (χ2n) is 6.83. The number of benzene rings is 2. The van der Waals surface area contributed by atoms with Crippen LogP contribution in [0.2, 0.25) is 0 Å². The number of hydrogen-bond acceptors (Lipinski definition) is 5. The predicted octanol–water partition coefficient (Wildman–Crippen LogP) is 5.40. The van der Waals surface area contributed by atoms with Crippen molar-refractivity contribution < 1.29 is 9.53 Å². The normalized spacial score (nSPS) is 10.8. The molecule has 6 heteroatoms. The zero-order valence-corrected chi connectivity index (χ0v) is 17.7. The predicted molar refractivity (Wildman–Crippen MR) is 119 cm³/mol. The van der Waals surface area contributed by atoms with Gasteiger partial charge in [0.25, 0.3) is 0 Å². The number of anilines is 1. The lowest BCUT2D eigenvalue weighted by atomic mass is 10.0. The number of aromatic nitrogens is 2. The van der Waals surface area contributed by atoms with Gasteiger partial charge in [-0.1, -0.05) is 37.7 Å².